The molecule has 0 saturated carbocycles. The minimum atomic E-state index is -0.259. The zero-order chi connectivity index (χ0) is 7.44. The molecule has 0 aliphatic carbocycles. The van der Waals surface area contributed by atoms with Crippen LogP contribution in [0.2, 0.25) is 0 Å². The van der Waals surface area contributed by atoms with Gasteiger partial charge in [0.25, 0.3) is 0 Å². The molecule has 0 aliphatic rings. The highest BCUT2D eigenvalue weighted by Gasteiger charge is 2.07. The Morgan fingerprint density at radius 1 is 1.78 bits per heavy atom. The minimum Gasteiger partial charge on any atom is -0.355 e. The zero-order valence-electron chi connectivity index (χ0n) is 5.77. The molecule has 0 spiro atoms. The predicted molar refractivity (Wildman–Crippen MR) is 36.9 cm³/mol. The van der Waals surface area contributed by atoms with E-state index in [-0.39, 0.29) is 11.9 Å². The molecule has 0 fully saturated rings. The molecule has 0 bridgehead atoms. The van der Waals surface area contributed by atoms with Crippen molar-refractivity contribution in [2.24, 2.45) is 5.73 Å². The second-order valence-corrected chi connectivity index (χ2v) is 1.89. The predicted octanol–water partition coefficient (Wildman–Crippen LogP) is -0.364. The summed E-state index contributed by atoms with van der Waals surface area (Å²) in [5.74, 6) is -0.190. The van der Waals surface area contributed by atoms with Crippen molar-refractivity contribution in [2.45, 2.75) is 13.0 Å². The molecule has 0 saturated heterocycles. The Kier molecular flexibility index (Phi) is 2.95. The summed E-state index contributed by atoms with van der Waals surface area (Å²) in [6, 6.07) is -0.259. The molecular formula is C6H12N2O. The van der Waals surface area contributed by atoms with Crippen molar-refractivity contribution in [3.05, 3.63) is 12.2 Å². The lowest BCUT2D eigenvalue weighted by Crippen LogP contribution is -2.29. The second-order valence-electron chi connectivity index (χ2n) is 1.89. The van der Waals surface area contributed by atoms with Crippen LogP contribution < -0.4 is 11.1 Å². The van der Waals surface area contributed by atoms with Gasteiger partial charge in [-0.25, -0.2) is 0 Å². The molecular weight excluding hydrogens is 116 g/mol. The molecule has 0 aliphatic heterocycles. The first-order valence-corrected chi connectivity index (χ1v) is 2.76. The number of amides is 1. The minimum absolute atomic E-state index is 0.190. The van der Waals surface area contributed by atoms with E-state index in [1.54, 1.807) is 14.0 Å². The van der Waals surface area contributed by atoms with Crippen LogP contribution in [-0.4, -0.2) is 19.0 Å². The van der Waals surface area contributed by atoms with Crippen molar-refractivity contribution in [1.29, 1.82) is 0 Å². The molecule has 1 amide bonds. The molecule has 3 heteroatoms. The van der Waals surface area contributed by atoms with Gasteiger partial charge in [0.2, 0.25) is 5.91 Å². The summed E-state index contributed by atoms with van der Waals surface area (Å²) in [7, 11) is 1.55. The van der Waals surface area contributed by atoms with Gasteiger partial charge in [0, 0.05) is 18.7 Å². The van der Waals surface area contributed by atoms with Gasteiger partial charge in [-0.2, -0.15) is 0 Å². The van der Waals surface area contributed by atoms with Crippen LogP contribution in [0.5, 0.6) is 0 Å². The molecule has 1 atom stereocenters. The number of nitrogens with one attached hydrogen (secondary N) is 1. The molecule has 0 rings (SSSR count). The summed E-state index contributed by atoms with van der Waals surface area (Å²) < 4.78 is 0. The van der Waals surface area contributed by atoms with E-state index >= 15 is 0 Å². The lowest BCUT2D eigenvalue weighted by atomic mass is 10.1. The smallest absolute Gasteiger partial charge is 0.247 e. The Hall–Kier alpha value is -0.830. The quantitative estimate of drug-likeness (QED) is 0.499. The molecule has 0 aromatic heterocycles. The number of rotatable bonds is 2. The number of likely N-dealkylation sites (N-methyl/N-ethyl adjacent to an activating group) is 1. The van der Waals surface area contributed by atoms with E-state index in [2.05, 4.69) is 11.9 Å². The Bertz CT molecular complexity index is 129. The van der Waals surface area contributed by atoms with Crippen LogP contribution in [0.1, 0.15) is 6.92 Å². The third-order valence-electron chi connectivity index (χ3n) is 1.07. The van der Waals surface area contributed by atoms with E-state index in [0.717, 1.165) is 0 Å². The molecule has 9 heavy (non-hydrogen) atoms. The Labute approximate surface area is 54.9 Å². The second kappa shape index (κ2) is 3.25. The van der Waals surface area contributed by atoms with Crippen LogP contribution in [0.15, 0.2) is 12.2 Å². The molecule has 0 heterocycles. The van der Waals surface area contributed by atoms with Gasteiger partial charge >= 0.3 is 0 Å². The van der Waals surface area contributed by atoms with Crippen molar-refractivity contribution in [2.75, 3.05) is 7.05 Å². The summed E-state index contributed by atoms with van der Waals surface area (Å²) in [5, 5.41) is 2.43. The summed E-state index contributed by atoms with van der Waals surface area (Å²) >= 11 is 0. The first-order valence-electron chi connectivity index (χ1n) is 2.76. The number of carbonyl (C=O) groups excluding carboxylic acids is 1. The third-order valence-corrected chi connectivity index (χ3v) is 1.07. The molecule has 0 aromatic rings. The molecule has 1 unspecified atom stereocenters. The van der Waals surface area contributed by atoms with Crippen LogP contribution in [0.25, 0.3) is 0 Å². The highest BCUT2D eigenvalue weighted by Crippen LogP contribution is 1.93. The SMILES string of the molecule is C=C(C(=O)NC)C(C)N. The van der Waals surface area contributed by atoms with Crippen LogP contribution in [-0.2, 0) is 4.79 Å². The average Bonchev–Trinajstić information content (AvgIpc) is 1.84. The van der Waals surface area contributed by atoms with Crippen molar-refractivity contribution >= 4 is 5.91 Å². The van der Waals surface area contributed by atoms with Gasteiger partial charge in [0.05, 0.1) is 0 Å². The highest BCUT2D eigenvalue weighted by molar-refractivity contribution is 5.93. The van der Waals surface area contributed by atoms with Gasteiger partial charge in [0.1, 0.15) is 0 Å². The van der Waals surface area contributed by atoms with Gasteiger partial charge < -0.3 is 11.1 Å². The lowest BCUT2D eigenvalue weighted by molar-refractivity contribution is -0.117. The third kappa shape index (κ3) is 2.28. The van der Waals surface area contributed by atoms with E-state index in [1.807, 2.05) is 0 Å². The van der Waals surface area contributed by atoms with Crippen LogP contribution in [0, 0.1) is 0 Å². The monoisotopic (exact) mass is 128 g/mol. The maximum Gasteiger partial charge on any atom is 0.247 e. The molecule has 52 valence electrons. The van der Waals surface area contributed by atoms with Gasteiger partial charge in [-0.3, -0.25) is 4.79 Å². The molecule has 3 N–H and O–H groups in total. The van der Waals surface area contributed by atoms with Gasteiger partial charge in [-0.05, 0) is 6.92 Å². The fourth-order valence-electron chi connectivity index (χ4n) is 0.367. The van der Waals surface area contributed by atoms with Crippen molar-refractivity contribution in [1.82, 2.24) is 5.32 Å². The van der Waals surface area contributed by atoms with E-state index in [4.69, 9.17) is 5.73 Å². The van der Waals surface area contributed by atoms with Crippen LogP contribution >= 0.6 is 0 Å². The number of nitrogens with two attached hydrogens (primary N) is 1. The fourth-order valence-corrected chi connectivity index (χ4v) is 0.367. The first-order chi connectivity index (χ1) is 4.09. The maximum atomic E-state index is 10.7. The highest BCUT2D eigenvalue weighted by atomic mass is 16.1. The van der Waals surface area contributed by atoms with Gasteiger partial charge in [-0.1, -0.05) is 6.58 Å². The van der Waals surface area contributed by atoms with Crippen molar-refractivity contribution in [3.8, 4) is 0 Å². The van der Waals surface area contributed by atoms with Gasteiger partial charge in [-0.15, -0.1) is 0 Å². The number of hydrogen-bond acceptors (Lipinski definition) is 2. The first kappa shape index (κ1) is 8.17. The normalized spacial score (nSPS) is 12.3. The van der Waals surface area contributed by atoms with Crippen LogP contribution in [0.4, 0.5) is 0 Å². The van der Waals surface area contributed by atoms with E-state index in [0.29, 0.717) is 5.57 Å². The summed E-state index contributed by atoms with van der Waals surface area (Å²) in [5.41, 5.74) is 5.77. The van der Waals surface area contributed by atoms with Crippen LogP contribution in [0.3, 0.4) is 0 Å². The number of carbonyl (C=O) groups is 1. The van der Waals surface area contributed by atoms with Crippen molar-refractivity contribution < 1.29 is 4.79 Å². The topological polar surface area (TPSA) is 55.1 Å². The summed E-state index contributed by atoms with van der Waals surface area (Å²) in [4.78, 5) is 10.7. The molecule has 0 radical (unpaired) electrons. The zero-order valence-corrected chi connectivity index (χ0v) is 5.77. The molecule has 0 aromatic carbocycles. The summed E-state index contributed by atoms with van der Waals surface area (Å²) in [6.45, 7) is 5.21. The molecule has 3 nitrogen and oxygen atoms in total. The van der Waals surface area contributed by atoms with Crippen molar-refractivity contribution in [3.63, 3.8) is 0 Å². The average molecular weight is 128 g/mol. The standard InChI is InChI=1S/C6H12N2O/c1-4(5(2)7)6(9)8-3/h5H,1,7H2,2-3H3,(H,8,9). The summed E-state index contributed by atoms with van der Waals surface area (Å²) in [6.07, 6.45) is 0. The maximum absolute atomic E-state index is 10.7. The Balaban J connectivity index is 3.89. The lowest BCUT2D eigenvalue weighted by Gasteiger charge is -2.05. The van der Waals surface area contributed by atoms with E-state index in [9.17, 15) is 4.79 Å². The Morgan fingerprint density at radius 3 is 2.33 bits per heavy atom. The van der Waals surface area contributed by atoms with E-state index in [1.165, 1.54) is 0 Å². The largest absolute Gasteiger partial charge is 0.355 e. The number of hydrogen-bond donors (Lipinski definition) is 2. The fraction of sp³-hybridized carbons (Fsp3) is 0.500. The Morgan fingerprint density at radius 2 is 2.22 bits per heavy atom. The van der Waals surface area contributed by atoms with E-state index < -0.39 is 0 Å². The van der Waals surface area contributed by atoms with Gasteiger partial charge in [0.15, 0.2) is 0 Å².